The second-order valence-electron chi connectivity index (χ2n) is 2.93. The predicted octanol–water partition coefficient (Wildman–Crippen LogP) is 3.17. The molecular formula is C12H9ClN2O. The van der Waals surface area contributed by atoms with Gasteiger partial charge in [-0.1, -0.05) is 0 Å². The minimum Gasteiger partial charge on any atom is -0.456 e. The maximum Gasteiger partial charge on any atom is 0.145 e. The maximum atomic E-state index is 8.62. The average Bonchev–Trinajstić information content (AvgIpc) is 2.31. The fourth-order valence-electron chi connectivity index (χ4n) is 1.14. The Labute approximate surface area is 99.7 Å². The molecule has 0 amide bonds. The Morgan fingerprint density at radius 3 is 2.38 bits per heavy atom. The molecule has 4 heteroatoms. The minimum absolute atomic E-state index is 0. The number of rotatable bonds is 2. The van der Waals surface area contributed by atoms with E-state index >= 15 is 0 Å². The third kappa shape index (κ3) is 2.97. The third-order valence-electron chi connectivity index (χ3n) is 1.85. The first-order valence-electron chi connectivity index (χ1n) is 4.46. The third-order valence-corrected chi connectivity index (χ3v) is 1.85. The number of aromatic nitrogens is 1. The van der Waals surface area contributed by atoms with Crippen LogP contribution in [0, 0.1) is 11.3 Å². The molecule has 0 saturated carbocycles. The van der Waals surface area contributed by atoms with Gasteiger partial charge in [-0.05, 0) is 36.4 Å². The van der Waals surface area contributed by atoms with E-state index < -0.39 is 0 Å². The van der Waals surface area contributed by atoms with Gasteiger partial charge in [-0.25, -0.2) is 0 Å². The van der Waals surface area contributed by atoms with Crippen LogP contribution in [0.3, 0.4) is 0 Å². The molecule has 3 nitrogen and oxygen atoms in total. The molecule has 0 unspecified atom stereocenters. The molecule has 80 valence electrons. The second kappa shape index (κ2) is 5.74. The lowest BCUT2D eigenvalue weighted by Gasteiger charge is -2.03. The predicted molar refractivity (Wildman–Crippen MR) is 62.7 cm³/mol. The van der Waals surface area contributed by atoms with Gasteiger partial charge in [0.2, 0.25) is 0 Å². The van der Waals surface area contributed by atoms with Crippen LogP contribution in [0.1, 0.15) is 5.56 Å². The van der Waals surface area contributed by atoms with E-state index in [0.717, 1.165) is 0 Å². The highest BCUT2D eigenvalue weighted by atomic mass is 35.5. The summed E-state index contributed by atoms with van der Waals surface area (Å²) in [6.45, 7) is 0. The summed E-state index contributed by atoms with van der Waals surface area (Å²) in [6.07, 6.45) is 3.32. The molecule has 0 N–H and O–H groups in total. The van der Waals surface area contributed by atoms with Crippen molar-refractivity contribution in [3.05, 3.63) is 54.4 Å². The number of benzene rings is 1. The first-order chi connectivity index (χ1) is 7.38. The Balaban J connectivity index is 0.00000128. The van der Waals surface area contributed by atoms with Crippen LogP contribution in [-0.4, -0.2) is 4.98 Å². The quantitative estimate of drug-likeness (QED) is 0.799. The lowest BCUT2D eigenvalue weighted by molar-refractivity contribution is 0.480. The fourth-order valence-corrected chi connectivity index (χ4v) is 1.14. The van der Waals surface area contributed by atoms with Crippen molar-refractivity contribution in [3.63, 3.8) is 0 Å². The molecule has 0 spiro atoms. The van der Waals surface area contributed by atoms with E-state index in [4.69, 9.17) is 10.00 Å². The van der Waals surface area contributed by atoms with Gasteiger partial charge < -0.3 is 4.74 Å². The lowest BCUT2D eigenvalue weighted by Crippen LogP contribution is -1.84. The topological polar surface area (TPSA) is 45.9 Å². The normalized spacial score (nSPS) is 8.69. The summed E-state index contributed by atoms with van der Waals surface area (Å²) in [7, 11) is 0. The van der Waals surface area contributed by atoms with Crippen molar-refractivity contribution in [2.75, 3.05) is 0 Å². The van der Waals surface area contributed by atoms with E-state index in [1.54, 1.807) is 42.7 Å². The average molecular weight is 233 g/mol. The molecule has 0 aliphatic heterocycles. The largest absolute Gasteiger partial charge is 0.456 e. The van der Waals surface area contributed by atoms with Crippen LogP contribution < -0.4 is 4.74 Å². The highest BCUT2D eigenvalue weighted by Gasteiger charge is 1.96. The second-order valence-corrected chi connectivity index (χ2v) is 2.93. The van der Waals surface area contributed by atoms with Crippen LogP contribution in [0.15, 0.2) is 48.8 Å². The van der Waals surface area contributed by atoms with Crippen molar-refractivity contribution >= 4 is 12.4 Å². The van der Waals surface area contributed by atoms with Crippen LogP contribution in [0.4, 0.5) is 0 Å². The van der Waals surface area contributed by atoms with Crippen molar-refractivity contribution in [1.82, 2.24) is 4.98 Å². The van der Waals surface area contributed by atoms with E-state index in [1.807, 2.05) is 6.07 Å². The smallest absolute Gasteiger partial charge is 0.145 e. The minimum atomic E-state index is 0. The molecule has 2 rings (SSSR count). The highest BCUT2D eigenvalue weighted by molar-refractivity contribution is 5.85. The number of hydrogen-bond acceptors (Lipinski definition) is 3. The molecule has 2 aromatic rings. The Bertz CT molecular complexity index is 477. The number of halogens is 1. The zero-order valence-corrected chi connectivity index (χ0v) is 9.15. The van der Waals surface area contributed by atoms with Crippen LogP contribution in [0.25, 0.3) is 0 Å². The Kier molecular flexibility index (Phi) is 4.31. The molecule has 0 radical (unpaired) electrons. The van der Waals surface area contributed by atoms with Crippen molar-refractivity contribution < 1.29 is 4.74 Å². The standard InChI is InChI=1S/C12H8N2O.ClH/c13-8-10-3-5-11(6-4-10)15-12-2-1-7-14-9-12;/h1-7,9H;1H. The summed E-state index contributed by atoms with van der Waals surface area (Å²) < 4.78 is 5.51. The molecule has 16 heavy (non-hydrogen) atoms. The summed E-state index contributed by atoms with van der Waals surface area (Å²) in [5.74, 6) is 1.38. The van der Waals surface area contributed by atoms with Gasteiger partial charge in [0.15, 0.2) is 0 Å². The Hall–Kier alpha value is -2.05. The van der Waals surface area contributed by atoms with Gasteiger partial charge in [-0.15, -0.1) is 12.4 Å². The fraction of sp³-hybridized carbons (Fsp3) is 0. The molecule has 0 aliphatic carbocycles. The molecule has 0 atom stereocenters. The zero-order chi connectivity index (χ0) is 10.5. The molecule has 1 aromatic carbocycles. The molecular weight excluding hydrogens is 224 g/mol. The monoisotopic (exact) mass is 232 g/mol. The van der Waals surface area contributed by atoms with Crippen LogP contribution >= 0.6 is 12.4 Å². The number of nitrogens with zero attached hydrogens (tertiary/aromatic N) is 2. The molecule has 0 bridgehead atoms. The molecule has 0 fully saturated rings. The molecule has 0 saturated heterocycles. The lowest BCUT2D eigenvalue weighted by atomic mass is 10.2. The van der Waals surface area contributed by atoms with Crippen LogP contribution in [-0.2, 0) is 0 Å². The van der Waals surface area contributed by atoms with Gasteiger partial charge in [0.05, 0.1) is 17.8 Å². The van der Waals surface area contributed by atoms with E-state index in [9.17, 15) is 0 Å². The van der Waals surface area contributed by atoms with Gasteiger partial charge in [0.25, 0.3) is 0 Å². The van der Waals surface area contributed by atoms with Crippen LogP contribution in [0.2, 0.25) is 0 Å². The summed E-state index contributed by atoms with van der Waals surface area (Å²) in [5.41, 5.74) is 0.619. The molecule has 1 heterocycles. The molecule has 0 aliphatic rings. The highest BCUT2D eigenvalue weighted by Crippen LogP contribution is 2.19. The van der Waals surface area contributed by atoms with Crippen molar-refractivity contribution in [3.8, 4) is 17.6 Å². The summed E-state index contributed by atoms with van der Waals surface area (Å²) >= 11 is 0. The maximum absolute atomic E-state index is 8.62. The number of ether oxygens (including phenoxy) is 1. The van der Waals surface area contributed by atoms with Gasteiger partial charge >= 0.3 is 0 Å². The van der Waals surface area contributed by atoms with Crippen molar-refractivity contribution in [2.24, 2.45) is 0 Å². The number of pyridine rings is 1. The van der Waals surface area contributed by atoms with Gasteiger partial charge in [0, 0.05) is 6.20 Å². The van der Waals surface area contributed by atoms with Gasteiger partial charge in [-0.3, -0.25) is 4.98 Å². The summed E-state index contributed by atoms with van der Waals surface area (Å²) in [6, 6.07) is 12.6. The van der Waals surface area contributed by atoms with E-state index in [-0.39, 0.29) is 12.4 Å². The van der Waals surface area contributed by atoms with Gasteiger partial charge in [-0.2, -0.15) is 5.26 Å². The first kappa shape index (κ1) is 12.0. The Morgan fingerprint density at radius 2 is 1.81 bits per heavy atom. The van der Waals surface area contributed by atoms with Crippen LogP contribution in [0.5, 0.6) is 11.5 Å². The van der Waals surface area contributed by atoms with E-state index in [1.165, 1.54) is 0 Å². The summed E-state index contributed by atoms with van der Waals surface area (Å²) in [4.78, 5) is 3.94. The Morgan fingerprint density at radius 1 is 1.06 bits per heavy atom. The van der Waals surface area contributed by atoms with E-state index in [2.05, 4.69) is 11.1 Å². The molecule has 1 aromatic heterocycles. The SMILES string of the molecule is Cl.N#Cc1ccc(Oc2cccnc2)cc1. The zero-order valence-electron chi connectivity index (χ0n) is 8.33. The summed E-state index contributed by atoms with van der Waals surface area (Å²) in [5, 5.41) is 8.62. The number of nitriles is 1. The van der Waals surface area contributed by atoms with Crippen molar-refractivity contribution in [2.45, 2.75) is 0 Å². The van der Waals surface area contributed by atoms with E-state index in [0.29, 0.717) is 17.1 Å². The van der Waals surface area contributed by atoms with Crippen molar-refractivity contribution in [1.29, 1.82) is 5.26 Å². The first-order valence-corrected chi connectivity index (χ1v) is 4.46. The van der Waals surface area contributed by atoms with Gasteiger partial charge in [0.1, 0.15) is 11.5 Å². The number of hydrogen-bond donors (Lipinski definition) is 0.